The minimum absolute atomic E-state index is 0.00985. The number of fused-ring (bicyclic) bond motifs is 1. The summed E-state index contributed by atoms with van der Waals surface area (Å²) < 4.78 is 12.5. The molecule has 32 heavy (non-hydrogen) atoms. The van der Waals surface area contributed by atoms with Crippen molar-refractivity contribution in [1.82, 2.24) is 14.8 Å². The molecule has 0 spiro atoms. The third-order valence-corrected chi connectivity index (χ3v) is 6.56. The Balaban J connectivity index is 1.57. The highest BCUT2D eigenvalue weighted by molar-refractivity contribution is 6.35. The van der Waals surface area contributed by atoms with Crippen molar-refractivity contribution in [3.63, 3.8) is 0 Å². The second kappa shape index (κ2) is 8.15. The van der Waals surface area contributed by atoms with Crippen molar-refractivity contribution in [2.24, 2.45) is 0 Å². The molecule has 0 bridgehead atoms. The number of rotatable bonds is 4. The summed E-state index contributed by atoms with van der Waals surface area (Å²) in [6, 6.07) is 10.6. The van der Waals surface area contributed by atoms with Crippen molar-refractivity contribution in [3.05, 3.63) is 75.2 Å². The van der Waals surface area contributed by atoms with Gasteiger partial charge >= 0.3 is 0 Å². The number of carbonyl (C=O) groups is 1. The van der Waals surface area contributed by atoms with Gasteiger partial charge in [0.15, 0.2) is 17.3 Å². The lowest BCUT2D eigenvalue weighted by molar-refractivity contribution is -0.116. The van der Waals surface area contributed by atoms with Crippen LogP contribution in [0, 0.1) is 0 Å². The zero-order valence-corrected chi connectivity index (χ0v) is 18.9. The molecule has 1 aliphatic heterocycles. The Morgan fingerprint density at radius 2 is 1.88 bits per heavy atom. The molecule has 0 unspecified atom stereocenters. The summed E-state index contributed by atoms with van der Waals surface area (Å²) in [5.41, 5.74) is 3.26. The van der Waals surface area contributed by atoms with E-state index in [1.54, 1.807) is 31.0 Å². The Kier molecular flexibility index (Phi) is 5.31. The number of nitrogens with zero attached hydrogens (tertiary/aromatic N) is 3. The first-order valence-corrected chi connectivity index (χ1v) is 10.9. The minimum atomic E-state index is -0.465. The lowest BCUT2D eigenvalue weighted by Crippen LogP contribution is -2.33. The molecule has 1 aromatic heterocycles. The van der Waals surface area contributed by atoms with Gasteiger partial charge in [-0.05, 0) is 42.2 Å². The van der Waals surface area contributed by atoms with Crippen molar-refractivity contribution < 1.29 is 14.3 Å². The molecular weight excluding hydrogens is 451 g/mol. The zero-order valence-electron chi connectivity index (χ0n) is 17.4. The number of allylic oxidation sites excluding steroid dienone is 2. The highest BCUT2D eigenvalue weighted by atomic mass is 35.5. The van der Waals surface area contributed by atoms with Gasteiger partial charge in [-0.2, -0.15) is 10.1 Å². The Hall–Kier alpha value is -3.03. The normalized spacial score (nSPS) is 19.8. The van der Waals surface area contributed by atoms with Gasteiger partial charge in [0.25, 0.3) is 0 Å². The van der Waals surface area contributed by atoms with Crippen LogP contribution >= 0.6 is 23.2 Å². The Morgan fingerprint density at radius 3 is 2.62 bits per heavy atom. The number of hydrogen-bond donors (Lipinski definition) is 1. The van der Waals surface area contributed by atoms with E-state index in [9.17, 15) is 4.79 Å². The molecule has 0 amide bonds. The molecule has 0 saturated heterocycles. The van der Waals surface area contributed by atoms with E-state index in [0.29, 0.717) is 45.9 Å². The molecule has 2 aromatic carbocycles. The maximum Gasteiger partial charge on any atom is 0.226 e. The van der Waals surface area contributed by atoms with E-state index in [4.69, 9.17) is 32.7 Å². The predicted octanol–water partition coefficient (Wildman–Crippen LogP) is 5.02. The van der Waals surface area contributed by atoms with Crippen LogP contribution in [0.4, 0.5) is 5.95 Å². The van der Waals surface area contributed by atoms with Crippen molar-refractivity contribution >= 4 is 34.9 Å². The molecule has 0 fully saturated rings. The first kappa shape index (κ1) is 20.8. The van der Waals surface area contributed by atoms with Gasteiger partial charge < -0.3 is 14.8 Å². The van der Waals surface area contributed by atoms with Crippen LogP contribution in [0.5, 0.6) is 11.5 Å². The van der Waals surface area contributed by atoms with Crippen LogP contribution in [0.3, 0.4) is 0 Å². The summed E-state index contributed by atoms with van der Waals surface area (Å²) in [6.07, 6.45) is 2.47. The number of methoxy groups -OCH3 is 2. The summed E-state index contributed by atoms with van der Waals surface area (Å²) in [7, 11) is 3.20. The number of ether oxygens (including phenoxy) is 2. The lowest BCUT2D eigenvalue weighted by Gasteiger charge is -2.35. The van der Waals surface area contributed by atoms with E-state index in [-0.39, 0.29) is 11.7 Å². The van der Waals surface area contributed by atoms with Crippen molar-refractivity contribution in [2.75, 3.05) is 19.5 Å². The predicted molar refractivity (Wildman–Crippen MR) is 122 cm³/mol. The number of aromatic nitrogens is 3. The number of hydrogen-bond acceptors (Lipinski definition) is 6. The fourth-order valence-corrected chi connectivity index (χ4v) is 5.02. The van der Waals surface area contributed by atoms with Crippen molar-refractivity contribution in [2.45, 2.75) is 24.8 Å². The van der Waals surface area contributed by atoms with Crippen LogP contribution in [-0.2, 0) is 4.79 Å². The Bertz CT molecular complexity index is 1250. The maximum atomic E-state index is 13.5. The summed E-state index contributed by atoms with van der Waals surface area (Å²) in [5, 5.41) is 8.68. The monoisotopic (exact) mass is 470 g/mol. The number of anilines is 1. The van der Waals surface area contributed by atoms with Gasteiger partial charge in [-0.15, -0.1) is 0 Å². The van der Waals surface area contributed by atoms with Gasteiger partial charge in [0.2, 0.25) is 5.95 Å². The van der Waals surface area contributed by atoms with Crippen LogP contribution in [0.1, 0.15) is 35.9 Å². The van der Waals surface area contributed by atoms with Crippen LogP contribution in [0.15, 0.2) is 54.0 Å². The second-order valence-corrected chi connectivity index (χ2v) is 8.60. The summed E-state index contributed by atoms with van der Waals surface area (Å²) in [4.78, 5) is 17.8. The van der Waals surface area contributed by atoms with E-state index in [0.717, 1.165) is 16.8 Å². The number of halogens is 2. The first-order valence-electron chi connectivity index (χ1n) is 10.1. The molecule has 2 atom stereocenters. The van der Waals surface area contributed by atoms with Crippen molar-refractivity contribution in [1.29, 1.82) is 0 Å². The molecule has 0 saturated carbocycles. The molecule has 9 heteroatoms. The highest BCUT2D eigenvalue weighted by Crippen LogP contribution is 2.46. The average molecular weight is 471 g/mol. The maximum absolute atomic E-state index is 13.5. The number of Topliss-reactive ketones (excluding diaryl/α,β-unsaturated/α-hetero) is 1. The van der Waals surface area contributed by atoms with E-state index < -0.39 is 6.04 Å². The number of ketones is 1. The van der Waals surface area contributed by atoms with Gasteiger partial charge in [0, 0.05) is 33.3 Å². The number of benzene rings is 2. The van der Waals surface area contributed by atoms with Gasteiger partial charge in [0.05, 0.1) is 14.2 Å². The molecule has 3 aromatic rings. The van der Waals surface area contributed by atoms with E-state index in [1.807, 2.05) is 24.3 Å². The molecule has 2 heterocycles. The smallest absolute Gasteiger partial charge is 0.226 e. The second-order valence-electron chi connectivity index (χ2n) is 7.76. The van der Waals surface area contributed by atoms with Gasteiger partial charge in [0.1, 0.15) is 12.4 Å². The molecule has 2 aliphatic rings. The lowest BCUT2D eigenvalue weighted by atomic mass is 9.78. The molecule has 0 radical (unpaired) electrons. The van der Waals surface area contributed by atoms with E-state index >= 15 is 0 Å². The first-order chi connectivity index (χ1) is 15.5. The molecule has 164 valence electrons. The van der Waals surface area contributed by atoms with Crippen LogP contribution in [0.2, 0.25) is 10.0 Å². The molecule has 5 rings (SSSR count). The molecular formula is C23H20Cl2N4O3. The van der Waals surface area contributed by atoms with Crippen molar-refractivity contribution in [3.8, 4) is 11.5 Å². The summed E-state index contributed by atoms with van der Waals surface area (Å²) in [6.45, 7) is 0. The molecule has 1 aliphatic carbocycles. The Morgan fingerprint density at radius 1 is 1.06 bits per heavy atom. The average Bonchev–Trinajstić information content (AvgIpc) is 3.25. The molecule has 7 nitrogen and oxygen atoms in total. The quantitative estimate of drug-likeness (QED) is 0.576. The molecule has 1 N–H and O–H groups in total. The van der Waals surface area contributed by atoms with Crippen LogP contribution < -0.4 is 14.8 Å². The fraction of sp³-hybridized carbons (Fsp3) is 0.261. The van der Waals surface area contributed by atoms with E-state index in [1.165, 1.54) is 6.33 Å². The summed E-state index contributed by atoms with van der Waals surface area (Å²) in [5.74, 6) is 1.89. The van der Waals surface area contributed by atoms with Gasteiger partial charge in [-0.3, -0.25) is 4.79 Å². The number of carbonyl (C=O) groups excluding carboxylic acids is 1. The Labute approximate surface area is 195 Å². The third-order valence-electron chi connectivity index (χ3n) is 6.00. The SMILES string of the molecule is COc1ccc([C@H]2CC(=O)C3=C(C2)Nc2ncnn2[C@@H]3c2ccc(Cl)cc2Cl)cc1OC. The van der Waals surface area contributed by atoms with Crippen LogP contribution in [0.25, 0.3) is 0 Å². The number of nitrogens with one attached hydrogen (secondary N) is 1. The zero-order chi connectivity index (χ0) is 22.4. The highest BCUT2D eigenvalue weighted by Gasteiger charge is 2.40. The largest absolute Gasteiger partial charge is 0.493 e. The topological polar surface area (TPSA) is 78.3 Å². The minimum Gasteiger partial charge on any atom is -0.493 e. The fourth-order valence-electron chi connectivity index (χ4n) is 4.51. The van der Waals surface area contributed by atoms with E-state index in [2.05, 4.69) is 15.4 Å². The summed E-state index contributed by atoms with van der Waals surface area (Å²) >= 11 is 12.6. The third kappa shape index (κ3) is 3.42. The van der Waals surface area contributed by atoms with Crippen LogP contribution in [-0.4, -0.2) is 34.8 Å². The van der Waals surface area contributed by atoms with Gasteiger partial charge in [-0.1, -0.05) is 35.3 Å². The van der Waals surface area contributed by atoms with Gasteiger partial charge in [-0.25, -0.2) is 4.68 Å². The standard InChI is InChI=1S/C23H20Cl2N4O3/c1-31-19-6-3-12(9-20(19)32-2)13-7-17-21(18(30)8-13)22(29-23(28-17)26-11-27-29)15-5-4-14(24)10-16(15)25/h3-6,9-11,13,22H,7-8H2,1-2H3,(H,26,27,28)/t13-,22-/m1/s1.